The average Bonchev–Trinajstić information content (AvgIpc) is 3.62. The van der Waals surface area contributed by atoms with Gasteiger partial charge in [0, 0.05) is 100 Å². The van der Waals surface area contributed by atoms with Crippen LogP contribution in [0.15, 0.2) is 66.8 Å². The number of hydrogen-bond donors (Lipinski definition) is 5. The minimum absolute atomic E-state index is 0.0139. The molecule has 2 aromatic rings. The van der Waals surface area contributed by atoms with Crippen LogP contribution < -0.4 is 0 Å². The smallest absolute Gasteiger partial charge is 0.328 e. The molecule has 2 saturated heterocycles. The highest BCUT2D eigenvalue weighted by Crippen LogP contribution is 2.47. The zero-order valence-corrected chi connectivity index (χ0v) is 27.9. The van der Waals surface area contributed by atoms with E-state index in [0.29, 0.717) is 43.4 Å². The zero-order valence-electron chi connectivity index (χ0n) is 27.1. The van der Waals surface area contributed by atoms with Gasteiger partial charge in [-0.3, -0.25) is 9.80 Å². The number of carbonyl (C=O) groups excluding carboxylic acids is 1. The fraction of sp³-hybridized carbons (Fsp3) is 0.382. The molecule has 5 rings (SSSR count). The van der Waals surface area contributed by atoms with Crippen molar-refractivity contribution in [1.29, 1.82) is 0 Å². The average molecular weight is 719 g/mol. The van der Waals surface area contributed by atoms with Crippen molar-refractivity contribution in [2.75, 3.05) is 65.5 Å². The number of nitrogens with zero attached hydrogens (tertiary/aromatic N) is 4. The van der Waals surface area contributed by atoms with Crippen molar-refractivity contribution in [2.24, 2.45) is 0 Å². The molecule has 270 valence electrons. The van der Waals surface area contributed by atoms with E-state index in [0.717, 1.165) is 62.8 Å². The first kappa shape index (κ1) is 39.6. The van der Waals surface area contributed by atoms with Crippen molar-refractivity contribution in [3.8, 4) is 0 Å². The van der Waals surface area contributed by atoms with E-state index in [1.165, 1.54) is 11.1 Å². The summed E-state index contributed by atoms with van der Waals surface area (Å²) in [6, 6.07) is 13.5. The number of β-amino-alcohol motifs (C(OH)–C–C–N with tert-alkyl or cyclic N) is 1. The molecule has 0 radical (unpaired) electrons. The molecule has 2 atom stereocenters. The number of piperazine rings is 1. The molecule has 0 aromatic heterocycles. The molecule has 2 aliphatic heterocycles. The quantitative estimate of drug-likeness (QED) is 0.213. The number of urea groups is 1. The summed E-state index contributed by atoms with van der Waals surface area (Å²) in [7, 11) is 0. The number of carboxylic acid groups (broad SMARTS) is 4. The van der Waals surface area contributed by atoms with Gasteiger partial charge in [0.05, 0.1) is 6.61 Å². The normalized spacial score (nSPS) is 19.1. The van der Waals surface area contributed by atoms with Gasteiger partial charge >= 0.3 is 29.9 Å². The second-order valence-electron chi connectivity index (χ2n) is 11.5. The SMILES string of the molecule is O=C(O)/C=C\C(=O)O.O=C(O)/C=C\C(=O)O.O=C1N(CCO)CCN1CCN1CCN(C2CC(c3ccc(F)cc3)c3cc(Cl)ccc32)CC1. The Morgan fingerprint density at radius 3 is 1.74 bits per heavy atom. The fourth-order valence-electron chi connectivity index (χ4n) is 6.00. The molecule has 50 heavy (non-hydrogen) atoms. The molecule has 3 aliphatic rings. The standard InChI is InChI=1S/C26H32ClFN4O2.2C4H4O4/c27-20-3-6-22-24(17-20)23(19-1-4-21(28)5-2-19)18-25(22)30-10-7-29(8-11-30)9-12-31-13-14-32(15-16-33)26(31)34;2*5-3(6)1-2-4(7)8/h1-6,17,23,25,33H,7-16,18H2;2*1-2H,(H,5,6)(H,7,8)/b;2*2-1-. The third-order valence-electron chi connectivity index (χ3n) is 8.34. The van der Waals surface area contributed by atoms with E-state index in [9.17, 15) is 28.4 Å². The molecule has 2 fully saturated rings. The Hall–Kier alpha value is -4.83. The number of carboxylic acids is 4. The van der Waals surface area contributed by atoms with Gasteiger partial charge in [-0.15, -0.1) is 0 Å². The van der Waals surface area contributed by atoms with E-state index in [2.05, 4.69) is 21.9 Å². The van der Waals surface area contributed by atoms with Crippen molar-refractivity contribution < 1.29 is 53.9 Å². The topological polar surface area (TPSA) is 199 Å². The first-order chi connectivity index (χ1) is 23.8. The van der Waals surface area contributed by atoms with Crippen LogP contribution in [0.4, 0.5) is 9.18 Å². The summed E-state index contributed by atoms with van der Waals surface area (Å²) in [5, 5.41) is 41.1. The fourth-order valence-corrected chi connectivity index (χ4v) is 6.18. The van der Waals surface area contributed by atoms with Crippen LogP contribution in [0.25, 0.3) is 0 Å². The predicted molar refractivity (Wildman–Crippen MR) is 180 cm³/mol. The summed E-state index contributed by atoms with van der Waals surface area (Å²) in [4.78, 5) is 59.2. The largest absolute Gasteiger partial charge is 0.478 e. The highest BCUT2D eigenvalue weighted by Gasteiger charge is 2.37. The molecule has 14 nitrogen and oxygen atoms in total. The molecule has 2 aromatic carbocycles. The number of amides is 2. The Morgan fingerprint density at radius 2 is 1.24 bits per heavy atom. The zero-order chi connectivity index (χ0) is 36.8. The molecular formula is C34H40ClFN4O10. The molecule has 2 amide bonds. The second-order valence-corrected chi connectivity index (χ2v) is 11.9. The lowest BCUT2D eigenvalue weighted by molar-refractivity contribution is -0.134. The summed E-state index contributed by atoms with van der Waals surface area (Å²) in [6.07, 6.45) is 3.21. The second kappa shape index (κ2) is 19.4. The Bertz CT molecular complexity index is 1500. The van der Waals surface area contributed by atoms with Crippen molar-refractivity contribution in [3.05, 3.63) is 94.3 Å². The lowest BCUT2D eigenvalue weighted by Gasteiger charge is -2.39. The van der Waals surface area contributed by atoms with Gasteiger partial charge < -0.3 is 35.3 Å². The highest BCUT2D eigenvalue weighted by atomic mass is 35.5. The maximum atomic E-state index is 13.5. The number of benzene rings is 2. The molecule has 1 aliphatic carbocycles. The number of fused-ring (bicyclic) bond motifs is 1. The van der Waals surface area contributed by atoms with E-state index in [1.807, 2.05) is 23.1 Å². The van der Waals surface area contributed by atoms with Crippen LogP contribution in [-0.4, -0.2) is 141 Å². The van der Waals surface area contributed by atoms with Crippen LogP contribution in [0.2, 0.25) is 5.02 Å². The first-order valence-electron chi connectivity index (χ1n) is 15.7. The van der Waals surface area contributed by atoms with Gasteiger partial charge in [-0.05, 0) is 47.4 Å². The molecule has 5 N–H and O–H groups in total. The summed E-state index contributed by atoms with van der Waals surface area (Å²) < 4.78 is 13.5. The Labute approximate surface area is 292 Å². The van der Waals surface area contributed by atoms with Crippen LogP contribution >= 0.6 is 11.6 Å². The number of rotatable bonds is 11. The van der Waals surface area contributed by atoms with Crippen molar-refractivity contribution >= 4 is 41.5 Å². The van der Waals surface area contributed by atoms with Gasteiger partial charge in [0.2, 0.25) is 0 Å². The third kappa shape index (κ3) is 12.2. The number of halogens is 2. The van der Waals surface area contributed by atoms with Crippen molar-refractivity contribution in [2.45, 2.75) is 18.4 Å². The highest BCUT2D eigenvalue weighted by molar-refractivity contribution is 6.30. The van der Waals surface area contributed by atoms with Crippen LogP contribution in [0.1, 0.15) is 35.1 Å². The number of aliphatic hydroxyl groups excluding tert-OH is 1. The van der Waals surface area contributed by atoms with E-state index in [-0.39, 0.29) is 24.4 Å². The van der Waals surface area contributed by atoms with Crippen LogP contribution in [-0.2, 0) is 19.2 Å². The Kier molecular flexibility index (Phi) is 15.4. The van der Waals surface area contributed by atoms with E-state index >= 15 is 0 Å². The monoisotopic (exact) mass is 718 g/mol. The lowest BCUT2D eigenvalue weighted by atomic mass is 9.93. The predicted octanol–water partition coefficient (Wildman–Crippen LogP) is 2.83. The number of hydrogen-bond acceptors (Lipinski definition) is 8. The lowest BCUT2D eigenvalue weighted by Crippen LogP contribution is -2.49. The number of aliphatic carboxylic acids is 4. The molecule has 2 heterocycles. The molecule has 0 saturated carbocycles. The van der Waals surface area contributed by atoms with Crippen LogP contribution in [0.5, 0.6) is 0 Å². The summed E-state index contributed by atoms with van der Waals surface area (Å²) in [6.45, 7) is 7.40. The van der Waals surface area contributed by atoms with Crippen molar-refractivity contribution in [3.63, 3.8) is 0 Å². The van der Waals surface area contributed by atoms with Crippen molar-refractivity contribution in [1.82, 2.24) is 19.6 Å². The number of aliphatic hydroxyl groups is 1. The van der Waals surface area contributed by atoms with Gasteiger partial charge in [-0.2, -0.15) is 0 Å². The number of carbonyl (C=O) groups is 5. The minimum atomic E-state index is -1.26. The summed E-state index contributed by atoms with van der Waals surface area (Å²) >= 11 is 6.36. The Morgan fingerprint density at radius 1 is 0.720 bits per heavy atom. The molecule has 2 unspecified atom stereocenters. The maximum Gasteiger partial charge on any atom is 0.328 e. The maximum absolute atomic E-state index is 13.5. The first-order valence-corrected chi connectivity index (χ1v) is 16.1. The molecule has 16 heteroatoms. The van der Waals surface area contributed by atoms with Gasteiger partial charge in [0.1, 0.15) is 5.82 Å². The summed E-state index contributed by atoms with van der Waals surface area (Å²) in [5.74, 6) is -5.02. The summed E-state index contributed by atoms with van der Waals surface area (Å²) in [5.41, 5.74) is 3.72. The van der Waals surface area contributed by atoms with Crippen LogP contribution in [0.3, 0.4) is 0 Å². The van der Waals surface area contributed by atoms with E-state index in [4.69, 9.17) is 37.1 Å². The van der Waals surface area contributed by atoms with Gasteiger partial charge in [0.15, 0.2) is 0 Å². The molecular weight excluding hydrogens is 679 g/mol. The molecule has 0 bridgehead atoms. The third-order valence-corrected chi connectivity index (χ3v) is 8.57. The van der Waals surface area contributed by atoms with Gasteiger partial charge in [-0.25, -0.2) is 28.4 Å². The minimum Gasteiger partial charge on any atom is -0.478 e. The van der Waals surface area contributed by atoms with E-state index < -0.39 is 23.9 Å². The molecule has 0 spiro atoms. The van der Waals surface area contributed by atoms with Gasteiger partial charge in [-0.1, -0.05) is 29.8 Å². The van der Waals surface area contributed by atoms with Crippen LogP contribution in [0, 0.1) is 5.82 Å². The van der Waals surface area contributed by atoms with Gasteiger partial charge in [0.25, 0.3) is 0 Å². The Balaban J connectivity index is 0.000000352. The van der Waals surface area contributed by atoms with E-state index in [1.54, 1.807) is 17.0 Å².